The fourth-order valence-electron chi connectivity index (χ4n) is 2.54. The third-order valence-corrected chi connectivity index (χ3v) is 4.57. The maximum absolute atomic E-state index is 12.5. The van der Waals surface area contributed by atoms with Crippen LogP contribution in [0.15, 0.2) is 29.3 Å². The molecule has 0 aromatic heterocycles. The third kappa shape index (κ3) is 6.11. The molecule has 25 heavy (non-hydrogen) atoms. The van der Waals surface area contributed by atoms with E-state index in [1.54, 1.807) is 18.1 Å². The Morgan fingerprint density at radius 1 is 1.12 bits per heavy atom. The van der Waals surface area contributed by atoms with Crippen molar-refractivity contribution in [1.82, 2.24) is 4.90 Å². The predicted octanol–water partition coefficient (Wildman–Crippen LogP) is 5.08. The minimum atomic E-state index is 0.0158. The minimum absolute atomic E-state index is 0.0158. The molecule has 4 nitrogen and oxygen atoms in total. The lowest BCUT2D eigenvalue weighted by molar-refractivity contribution is 0.0772. The molecule has 1 amide bonds. The summed E-state index contributed by atoms with van der Waals surface area (Å²) in [6, 6.07) is 5.41. The molecule has 140 valence electrons. The number of hydrogen-bond acceptors (Lipinski definition) is 3. The quantitative estimate of drug-likeness (QED) is 0.585. The number of methoxy groups -OCH3 is 1. The Hall–Kier alpha value is -1.97. The molecule has 1 aromatic rings. The molecule has 1 atom stereocenters. The average Bonchev–Trinajstić information content (AvgIpc) is 2.60. The van der Waals surface area contributed by atoms with Gasteiger partial charge in [0.2, 0.25) is 0 Å². The Morgan fingerprint density at radius 3 is 2.28 bits per heavy atom. The van der Waals surface area contributed by atoms with Gasteiger partial charge in [0.05, 0.1) is 13.2 Å². The van der Waals surface area contributed by atoms with Crippen molar-refractivity contribution in [3.63, 3.8) is 0 Å². The second kappa shape index (κ2) is 10.1. The molecule has 0 heterocycles. The molecule has 0 saturated carbocycles. The summed E-state index contributed by atoms with van der Waals surface area (Å²) in [6.07, 6.45) is 2.04. The van der Waals surface area contributed by atoms with Gasteiger partial charge in [-0.2, -0.15) is 0 Å². The van der Waals surface area contributed by atoms with E-state index in [2.05, 4.69) is 27.7 Å². The van der Waals surface area contributed by atoms with Crippen LogP contribution in [0.4, 0.5) is 0 Å². The van der Waals surface area contributed by atoms with Crippen molar-refractivity contribution >= 4 is 5.91 Å². The molecule has 4 heteroatoms. The van der Waals surface area contributed by atoms with Crippen molar-refractivity contribution in [2.45, 2.75) is 60.5 Å². The summed E-state index contributed by atoms with van der Waals surface area (Å²) in [6.45, 7) is 13.8. The maximum Gasteiger partial charge on any atom is 0.253 e. The topological polar surface area (TPSA) is 38.8 Å². The van der Waals surface area contributed by atoms with Crippen LogP contribution < -0.4 is 9.47 Å². The van der Waals surface area contributed by atoms with Gasteiger partial charge in [-0.25, -0.2) is 0 Å². The highest BCUT2D eigenvalue weighted by molar-refractivity contribution is 5.94. The number of rotatable bonds is 9. The third-order valence-electron chi connectivity index (χ3n) is 4.57. The Morgan fingerprint density at radius 2 is 1.76 bits per heavy atom. The van der Waals surface area contributed by atoms with Gasteiger partial charge in [-0.3, -0.25) is 4.79 Å². The fourth-order valence-corrected chi connectivity index (χ4v) is 2.54. The molecule has 0 aliphatic rings. The number of ether oxygens (including phenoxy) is 2. The lowest BCUT2D eigenvalue weighted by Gasteiger charge is -2.21. The van der Waals surface area contributed by atoms with Gasteiger partial charge in [-0.1, -0.05) is 11.1 Å². The smallest absolute Gasteiger partial charge is 0.253 e. The second-order valence-electron chi connectivity index (χ2n) is 6.59. The molecule has 0 fully saturated rings. The maximum atomic E-state index is 12.5. The zero-order valence-corrected chi connectivity index (χ0v) is 16.8. The van der Waals surface area contributed by atoms with E-state index in [0.29, 0.717) is 30.2 Å². The van der Waals surface area contributed by atoms with Crippen molar-refractivity contribution in [3.05, 3.63) is 34.9 Å². The van der Waals surface area contributed by atoms with Gasteiger partial charge in [0.1, 0.15) is 0 Å². The summed E-state index contributed by atoms with van der Waals surface area (Å²) < 4.78 is 11.5. The molecule has 1 aromatic carbocycles. The van der Waals surface area contributed by atoms with Crippen LogP contribution >= 0.6 is 0 Å². The van der Waals surface area contributed by atoms with Gasteiger partial charge >= 0.3 is 0 Å². The molecule has 0 bridgehead atoms. The highest BCUT2D eigenvalue weighted by Gasteiger charge is 2.16. The zero-order chi connectivity index (χ0) is 19.0. The summed E-state index contributed by atoms with van der Waals surface area (Å²) in [4.78, 5) is 14.3. The average molecular weight is 347 g/mol. The van der Waals surface area contributed by atoms with Crippen LogP contribution in [0.25, 0.3) is 0 Å². The van der Waals surface area contributed by atoms with Crippen LogP contribution in [0, 0.1) is 0 Å². The van der Waals surface area contributed by atoms with Crippen LogP contribution in [-0.4, -0.2) is 37.1 Å². The fraction of sp³-hybridized carbons (Fsp3) is 0.571. The van der Waals surface area contributed by atoms with Gasteiger partial charge in [0, 0.05) is 18.7 Å². The van der Waals surface area contributed by atoms with Gasteiger partial charge < -0.3 is 14.4 Å². The van der Waals surface area contributed by atoms with Gasteiger partial charge in [-0.15, -0.1) is 0 Å². The van der Waals surface area contributed by atoms with Crippen LogP contribution in [0.1, 0.15) is 64.7 Å². The second-order valence-corrected chi connectivity index (χ2v) is 6.59. The van der Waals surface area contributed by atoms with E-state index in [1.165, 1.54) is 11.1 Å². The normalized spacial score (nSPS) is 11.6. The number of hydrogen-bond donors (Lipinski definition) is 0. The standard InChI is InChI=1S/C21H33NO3/c1-8-22(9-2)21(23)18-12-13-19(20(14-18)24-7)25-17(6)11-10-16(5)15(3)4/h12-14,17H,8-11H2,1-7H3. The molecule has 0 spiro atoms. The van der Waals surface area contributed by atoms with Crippen molar-refractivity contribution in [2.24, 2.45) is 0 Å². The van der Waals surface area contributed by atoms with Crippen molar-refractivity contribution in [3.8, 4) is 11.5 Å². The van der Waals surface area contributed by atoms with E-state index in [9.17, 15) is 4.79 Å². The number of nitrogens with zero attached hydrogens (tertiary/aromatic N) is 1. The summed E-state index contributed by atoms with van der Waals surface area (Å²) in [7, 11) is 1.60. The van der Waals surface area contributed by atoms with Crippen LogP contribution in [0.2, 0.25) is 0 Å². The summed E-state index contributed by atoms with van der Waals surface area (Å²) >= 11 is 0. The van der Waals surface area contributed by atoms with Crippen LogP contribution in [0.5, 0.6) is 11.5 Å². The van der Waals surface area contributed by atoms with E-state index >= 15 is 0 Å². The van der Waals surface area contributed by atoms with E-state index in [0.717, 1.165) is 12.8 Å². The molecule has 0 radical (unpaired) electrons. The Balaban J connectivity index is 2.85. The highest BCUT2D eigenvalue weighted by atomic mass is 16.5. The highest BCUT2D eigenvalue weighted by Crippen LogP contribution is 2.30. The Bertz CT molecular complexity index is 599. The van der Waals surface area contributed by atoms with Crippen LogP contribution in [0.3, 0.4) is 0 Å². The minimum Gasteiger partial charge on any atom is -0.493 e. The molecular weight excluding hydrogens is 314 g/mol. The first-order valence-electron chi connectivity index (χ1n) is 9.10. The molecule has 0 aliphatic carbocycles. The summed E-state index contributed by atoms with van der Waals surface area (Å²) in [5.74, 6) is 1.30. The largest absolute Gasteiger partial charge is 0.493 e. The van der Waals surface area contributed by atoms with E-state index in [4.69, 9.17) is 9.47 Å². The first-order chi connectivity index (χ1) is 11.8. The van der Waals surface area contributed by atoms with Crippen molar-refractivity contribution in [1.29, 1.82) is 0 Å². The molecular formula is C21H33NO3. The van der Waals surface area contributed by atoms with E-state index < -0.39 is 0 Å². The summed E-state index contributed by atoms with van der Waals surface area (Å²) in [5, 5.41) is 0. The van der Waals surface area contributed by atoms with Crippen LogP contribution in [-0.2, 0) is 0 Å². The first-order valence-corrected chi connectivity index (χ1v) is 9.10. The monoisotopic (exact) mass is 347 g/mol. The number of amides is 1. The predicted molar refractivity (Wildman–Crippen MR) is 104 cm³/mol. The lowest BCUT2D eigenvalue weighted by Crippen LogP contribution is -2.30. The molecule has 1 rings (SSSR count). The van der Waals surface area contributed by atoms with Gasteiger partial charge in [-0.05, 0) is 72.6 Å². The zero-order valence-electron chi connectivity index (χ0n) is 16.8. The van der Waals surface area contributed by atoms with Crippen molar-refractivity contribution in [2.75, 3.05) is 20.2 Å². The lowest BCUT2D eigenvalue weighted by atomic mass is 10.1. The Kier molecular flexibility index (Phi) is 8.53. The van der Waals surface area contributed by atoms with Gasteiger partial charge in [0.15, 0.2) is 11.5 Å². The molecule has 0 saturated heterocycles. The van der Waals surface area contributed by atoms with Crippen molar-refractivity contribution < 1.29 is 14.3 Å². The first kappa shape index (κ1) is 21.1. The van der Waals surface area contributed by atoms with E-state index in [-0.39, 0.29) is 12.0 Å². The molecule has 0 N–H and O–H groups in total. The SMILES string of the molecule is CCN(CC)C(=O)c1ccc(OC(C)CCC(C)=C(C)C)c(OC)c1. The van der Waals surface area contributed by atoms with E-state index in [1.807, 2.05) is 26.0 Å². The molecule has 0 aliphatic heterocycles. The summed E-state index contributed by atoms with van der Waals surface area (Å²) in [5.41, 5.74) is 3.40. The molecule has 1 unspecified atom stereocenters. The number of carbonyl (C=O) groups is 1. The Labute approximate surface area is 152 Å². The van der Waals surface area contributed by atoms with Gasteiger partial charge in [0.25, 0.3) is 5.91 Å². The number of benzene rings is 1. The number of allylic oxidation sites excluding steroid dienone is 2. The number of carbonyl (C=O) groups excluding carboxylic acids is 1.